The molecule has 1 saturated carbocycles. The summed E-state index contributed by atoms with van der Waals surface area (Å²) in [4.78, 5) is 11.8. The second kappa shape index (κ2) is 10.0. The topological polar surface area (TPSA) is 68.8 Å². The van der Waals surface area contributed by atoms with Gasteiger partial charge in [-0.1, -0.05) is 0 Å². The molecule has 0 unspecified atom stereocenters. The zero-order valence-corrected chi connectivity index (χ0v) is 13.9. The third-order valence-electron chi connectivity index (χ3n) is 3.44. The number of ether oxygens (including phenoxy) is 3. The molecule has 1 aliphatic carbocycles. The molecule has 1 aliphatic rings. The highest BCUT2D eigenvalue weighted by molar-refractivity contribution is 5.91. The number of carbonyl (C=O) groups excluding carboxylic acids is 1. The SMILES string of the molecule is O=C(NCCCOCC1CC1)Nc1ccc(OC(F)F)cc1OC(F)F. The highest BCUT2D eigenvalue weighted by Gasteiger charge is 2.20. The van der Waals surface area contributed by atoms with Gasteiger partial charge in [0, 0.05) is 25.8 Å². The maximum Gasteiger partial charge on any atom is 0.387 e. The quantitative estimate of drug-likeness (QED) is 0.452. The van der Waals surface area contributed by atoms with Crippen molar-refractivity contribution in [2.24, 2.45) is 5.92 Å². The van der Waals surface area contributed by atoms with Gasteiger partial charge in [0.15, 0.2) is 5.75 Å². The minimum atomic E-state index is -3.19. The molecule has 1 aromatic rings. The molecule has 6 nitrogen and oxygen atoms in total. The van der Waals surface area contributed by atoms with E-state index in [0.717, 1.165) is 24.8 Å². The first-order valence-corrected chi connectivity index (χ1v) is 8.10. The molecule has 10 heteroatoms. The lowest BCUT2D eigenvalue weighted by atomic mass is 10.2. The molecule has 1 aromatic carbocycles. The molecule has 0 aromatic heterocycles. The summed E-state index contributed by atoms with van der Waals surface area (Å²) in [5, 5.41) is 4.86. The van der Waals surface area contributed by atoms with Crippen LogP contribution >= 0.6 is 0 Å². The van der Waals surface area contributed by atoms with E-state index in [1.54, 1.807) is 0 Å². The van der Waals surface area contributed by atoms with E-state index in [0.29, 0.717) is 25.5 Å². The molecular weight excluding hydrogens is 360 g/mol. The van der Waals surface area contributed by atoms with E-state index in [1.807, 2.05) is 0 Å². The van der Waals surface area contributed by atoms with Gasteiger partial charge in [0.2, 0.25) is 0 Å². The van der Waals surface area contributed by atoms with Crippen LogP contribution in [-0.2, 0) is 4.74 Å². The lowest BCUT2D eigenvalue weighted by molar-refractivity contribution is -0.0539. The van der Waals surface area contributed by atoms with E-state index in [4.69, 9.17) is 4.74 Å². The summed E-state index contributed by atoms with van der Waals surface area (Å²) in [7, 11) is 0. The summed E-state index contributed by atoms with van der Waals surface area (Å²) in [6, 6.07) is 2.44. The van der Waals surface area contributed by atoms with E-state index in [9.17, 15) is 22.4 Å². The number of halogens is 4. The maximum absolute atomic E-state index is 12.5. The van der Waals surface area contributed by atoms with Crippen LogP contribution in [0.1, 0.15) is 19.3 Å². The molecule has 2 amide bonds. The molecule has 26 heavy (non-hydrogen) atoms. The van der Waals surface area contributed by atoms with E-state index < -0.39 is 25.0 Å². The lowest BCUT2D eigenvalue weighted by Gasteiger charge is -2.14. The third-order valence-corrected chi connectivity index (χ3v) is 3.44. The fraction of sp³-hybridized carbons (Fsp3) is 0.562. The van der Waals surface area contributed by atoms with Crippen molar-refractivity contribution in [3.8, 4) is 11.5 Å². The normalized spacial score (nSPS) is 13.8. The first-order valence-electron chi connectivity index (χ1n) is 8.10. The van der Waals surface area contributed by atoms with Gasteiger partial charge in [-0.05, 0) is 37.3 Å². The Labute approximate surface area is 147 Å². The van der Waals surface area contributed by atoms with Crippen LogP contribution in [0.25, 0.3) is 0 Å². The first-order chi connectivity index (χ1) is 12.4. The molecule has 146 valence electrons. The molecule has 0 heterocycles. The van der Waals surface area contributed by atoms with Crippen LogP contribution < -0.4 is 20.1 Å². The summed E-state index contributed by atoms with van der Waals surface area (Å²) in [6.45, 7) is -4.74. The fourth-order valence-electron chi connectivity index (χ4n) is 2.05. The summed E-state index contributed by atoms with van der Waals surface area (Å²) >= 11 is 0. The monoisotopic (exact) mass is 380 g/mol. The lowest BCUT2D eigenvalue weighted by Crippen LogP contribution is -2.30. The van der Waals surface area contributed by atoms with Gasteiger partial charge in [-0.3, -0.25) is 0 Å². The van der Waals surface area contributed by atoms with Crippen LogP contribution in [-0.4, -0.2) is 39.0 Å². The molecule has 0 radical (unpaired) electrons. The van der Waals surface area contributed by atoms with E-state index in [1.165, 1.54) is 12.8 Å². The number of amides is 2. The van der Waals surface area contributed by atoms with E-state index >= 15 is 0 Å². The first kappa shape index (κ1) is 20.1. The van der Waals surface area contributed by atoms with E-state index in [2.05, 4.69) is 20.1 Å². The number of carbonyl (C=O) groups is 1. The Kier molecular flexibility index (Phi) is 7.76. The number of alkyl halides is 4. The zero-order chi connectivity index (χ0) is 18.9. The Morgan fingerprint density at radius 3 is 2.54 bits per heavy atom. The second-order valence-corrected chi connectivity index (χ2v) is 5.67. The Bertz CT molecular complexity index is 585. The summed E-state index contributed by atoms with van der Waals surface area (Å²) in [6.07, 6.45) is 3.00. The molecule has 0 aliphatic heterocycles. The van der Waals surface area contributed by atoms with Crippen LogP contribution in [0.5, 0.6) is 11.5 Å². The number of benzene rings is 1. The molecule has 2 N–H and O–H groups in total. The van der Waals surface area contributed by atoms with Crippen molar-refractivity contribution in [3.05, 3.63) is 18.2 Å². The number of urea groups is 1. The van der Waals surface area contributed by atoms with Crippen molar-refractivity contribution in [3.63, 3.8) is 0 Å². The zero-order valence-electron chi connectivity index (χ0n) is 13.9. The average molecular weight is 380 g/mol. The van der Waals surface area contributed by atoms with Crippen molar-refractivity contribution in [1.82, 2.24) is 5.32 Å². The third kappa shape index (κ3) is 7.77. The molecule has 0 atom stereocenters. The highest BCUT2D eigenvalue weighted by atomic mass is 19.3. The Morgan fingerprint density at radius 2 is 1.88 bits per heavy atom. The number of rotatable bonds is 11. The Balaban J connectivity index is 1.80. The van der Waals surface area contributed by atoms with Gasteiger partial charge in [0.05, 0.1) is 5.69 Å². The standard InChI is InChI=1S/C16H20F4N2O4/c17-14(18)25-11-4-5-12(13(8-11)26-15(19)20)22-16(23)21-6-1-7-24-9-10-2-3-10/h4-5,8,10,14-15H,1-3,6-7,9H2,(H2,21,22,23). The predicted molar refractivity (Wildman–Crippen MR) is 84.9 cm³/mol. The number of hydrogen-bond acceptors (Lipinski definition) is 4. The van der Waals surface area contributed by atoms with Gasteiger partial charge >= 0.3 is 19.3 Å². The van der Waals surface area contributed by atoms with Gasteiger partial charge < -0.3 is 24.8 Å². The molecule has 0 spiro atoms. The Morgan fingerprint density at radius 1 is 1.15 bits per heavy atom. The summed E-state index contributed by atoms with van der Waals surface area (Å²) < 4.78 is 63.1. The largest absolute Gasteiger partial charge is 0.435 e. The van der Waals surface area contributed by atoms with E-state index in [-0.39, 0.29) is 11.4 Å². The van der Waals surface area contributed by atoms with Crippen molar-refractivity contribution in [2.75, 3.05) is 25.1 Å². The van der Waals surface area contributed by atoms with Crippen molar-refractivity contribution in [1.29, 1.82) is 0 Å². The van der Waals surface area contributed by atoms with Gasteiger partial charge in [-0.2, -0.15) is 17.6 Å². The summed E-state index contributed by atoms with van der Waals surface area (Å²) in [5.41, 5.74) is -0.102. The predicted octanol–water partition coefficient (Wildman–Crippen LogP) is 3.83. The molecule has 1 fully saturated rings. The van der Waals surface area contributed by atoms with Crippen molar-refractivity contribution < 1.29 is 36.6 Å². The number of hydrogen-bond donors (Lipinski definition) is 2. The number of anilines is 1. The highest BCUT2D eigenvalue weighted by Crippen LogP contribution is 2.31. The van der Waals surface area contributed by atoms with Crippen LogP contribution in [0.4, 0.5) is 28.0 Å². The number of nitrogens with one attached hydrogen (secondary N) is 2. The van der Waals surface area contributed by atoms with Gasteiger partial charge in [0.25, 0.3) is 0 Å². The van der Waals surface area contributed by atoms with Crippen LogP contribution in [0.15, 0.2) is 18.2 Å². The molecule has 0 bridgehead atoms. The smallest absolute Gasteiger partial charge is 0.387 e. The molecule has 2 rings (SSSR count). The van der Waals surface area contributed by atoms with Crippen molar-refractivity contribution in [2.45, 2.75) is 32.5 Å². The van der Waals surface area contributed by atoms with Gasteiger partial charge in [0.1, 0.15) is 5.75 Å². The molecule has 0 saturated heterocycles. The van der Waals surface area contributed by atoms with Crippen LogP contribution in [0.3, 0.4) is 0 Å². The molecular formula is C16H20F4N2O4. The van der Waals surface area contributed by atoms with Gasteiger partial charge in [-0.25, -0.2) is 4.79 Å². The summed E-state index contributed by atoms with van der Waals surface area (Å²) in [5.74, 6) is -0.188. The van der Waals surface area contributed by atoms with Gasteiger partial charge in [-0.15, -0.1) is 0 Å². The minimum Gasteiger partial charge on any atom is -0.435 e. The van der Waals surface area contributed by atoms with Crippen molar-refractivity contribution >= 4 is 11.7 Å². The maximum atomic E-state index is 12.5. The average Bonchev–Trinajstić information content (AvgIpc) is 3.36. The minimum absolute atomic E-state index is 0.102. The van der Waals surface area contributed by atoms with Crippen LogP contribution in [0.2, 0.25) is 0 Å². The Hall–Kier alpha value is -2.23. The fourth-order valence-corrected chi connectivity index (χ4v) is 2.05. The van der Waals surface area contributed by atoms with Crippen LogP contribution in [0, 0.1) is 5.92 Å². The second-order valence-electron chi connectivity index (χ2n) is 5.67.